The van der Waals surface area contributed by atoms with Crippen molar-refractivity contribution in [1.82, 2.24) is 9.88 Å². The Morgan fingerprint density at radius 2 is 2.12 bits per heavy atom. The molecule has 1 unspecified atom stereocenters. The Bertz CT molecular complexity index is 804. The van der Waals surface area contributed by atoms with Crippen molar-refractivity contribution in [3.63, 3.8) is 0 Å². The summed E-state index contributed by atoms with van der Waals surface area (Å²) in [7, 11) is 1.48. The molecule has 0 radical (unpaired) electrons. The van der Waals surface area contributed by atoms with Gasteiger partial charge in [0.1, 0.15) is 16.1 Å². The van der Waals surface area contributed by atoms with Crippen LogP contribution in [0.2, 0.25) is 5.02 Å². The Morgan fingerprint density at radius 3 is 2.77 bits per heavy atom. The number of carboxylic acid groups (broad SMARTS) is 1. The van der Waals surface area contributed by atoms with E-state index in [-0.39, 0.29) is 19.1 Å². The van der Waals surface area contributed by atoms with Crippen molar-refractivity contribution < 1.29 is 19.4 Å². The highest BCUT2D eigenvalue weighted by Crippen LogP contribution is 2.32. The molecular weight excluding hydrogens is 376 g/mol. The van der Waals surface area contributed by atoms with Crippen LogP contribution in [0.4, 0.5) is 0 Å². The molecule has 1 atom stereocenters. The summed E-state index contributed by atoms with van der Waals surface area (Å²) in [5, 5.41) is 12.7. The van der Waals surface area contributed by atoms with Gasteiger partial charge in [0, 0.05) is 36.2 Å². The number of carbonyl (C=O) groups excluding carboxylic acids is 1. The number of aliphatic carboxylic acids is 1. The summed E-state index contributed by atoms with van der Waals surface area (Å²) in [5.41, 5.74) is 0.160. The van der Waals surface area contributed by atoms with Crippen molar-refractivity contribution in [2.75, 3.05) is 26.8 Å². The Labute approximate surface area is 160 Å². The molecule has 1 N–H and O–H groups in total. The van der Waals surface area contributed by atoms with E-state index in [0.29, 0.717) is 30.1 Å². The maximum absolute atomic E-state index is 12.8. The molecule has 1 saturated heterocycles. The largest absolute Gasteiger partial charge is 0.481 e. The van der Waals surface area contributed by atoms with E-state index in [1.54, 1.807) is 22.4 Å². The smallest absolute Gasteiger partial charge is 0.313 e. The number of aromatic nitrogens is 1. The number of rotatable bonds is 5. The summed E-state index contributed by atoms with van der Waals surface area (Å²) in [5.74, 6) is -1.18. The second-order valence-electron chi connectivity index (χ2n) is 6.39. The summed E-state index contributed by atoms with van der Waals surface area (Å²) >= 11 is 7.27. The topological polar surface area (TPSA) is 79.7 Å². The Morgan fingerprint density at radius 1 is 1.38 bits per heavy atom. The molecule has 6 nitrogen and oxygen atoms in total. The number of piperidine rings is 1. The van der Waals surface area contributed by atoms with E-state index in [1.165, 1.54) is 18.4 Å². The molecule has 1 amide bonds. The minimum Gasteiger partial charge on any atom is -0.481 e. The van der Waals surface area contributed by atoms with Gasteiger partial charge in [-0.05, 0) is 25.0 Å². The normalized spacial score (nSPS) is 20.2. The first-order valence-corrected chi connectivity index (χ1v) is 9.44. The molecule has 1 aromatic carbocycles. The summed E-state index contributed by atoms with van der Waals surface area (Å²) in [6, 6.07) is 7.25. The van der Waals surface area contributed by atoms with E-state index in [9.17, 15) is 14.7 Å². The van der Waals surface area contributed by atoms with Crippen molar-refractivity contribution in [3.8, 4) is 10.6 Å². The third-order valence-electron chi connectivity index (χ3n) is 4.55. The Kier molecular flexibility index (Phi) is 5.60. The SMILES string of the molecule is COCC1(C(=O)O)CCCN(C(=O)c2csc(-c3ccc(Cl)cc3)n2)C1. The lowest BCUT2D eigenvalue weighted by atomic mass is 9.80. The number of amides is 1. The van der Waals surface area contributed by atoms with Gasteiger partial charge in [-0.3, -0.25) is 9.59 Å². The van der Waals surface area contributed by atoms with Crippen molar-refractivity contribution >= 4 is 34.8 Å². The molecule has 1 aliphatic heterocycles. The Balaban J connectivity index is 1.79. The first-order chi connectivity index (χ1) is 12.4. The van der Waals surface area contributed by atoms with E-state index in [4.69, 9.17) is 16.3 Å². The number of nitrogens with zero attached hydrogens (tertiary/aromatic N) is 2. The van der Waals surface area contributed by atoms with Crippen LogP contribution < -0.4 is 0 Å². The lowest BCUT2D eigenvalue weighted by Crippen LogP contribution is -2.52. The number of ether oxygens (including phenoxy) is 1. The van der Waals surface area contributed by atoms with E-state index in [1.807, 2.05) is 12.1 Å². The molecule has 0 saturated carbocycles. The molecule has 1 fully saturated rings. The van der Waals surface area contributed by atoms with Gasteiger partial charge in [0.2, 0.25) is 0 Å². The van der Waals surface area contributed by atoms with Crippen LogP contribution >= 0.6 is 22.9 Å². The number of likely N-dealkylation sites (tertiary alicyclic amines) is 1. The number of halogens is 1. The fourth-order valence-corrected chi connectivity index (χ4v) is 4.12. The van der Waals surface area contributed by atoms with Gasteiger partial charge in [0.15, 0.2) is 0 Å². The zero-order valence-electron chi connectivity index (χ0n) is 14.3. The number of thiazole rings is 1. The minimum absolute atomic E-state index is 0.0825. The van der Waals surface area contributed by atoms with Crippen molar-refractivity contribution in [3.05, 3.63) is 40.4 Å². The quantitative estimate of drug-likeness (QED) is 0.840. The van der Waals surface area contributed by atoms with Crippen molar-refractivity contribution in [2.24, 2.45) is 5.41 Å². The number of carbonyl (C=O) groups is 2. The average Bonchev–Trinajstić information content (AvgIpc) is 3.12. The van der Waals surface area contributed by atoms with Crippen LogP contribution in [0.25, 0.3) is 10.6 Å². The predicted molar refractivity (Wildman–Crippen MR) is 99.6 cm³/mol. The fraction of sp³-hybridized carbons (Fsp3) is 0.389. The fourth-order valence-electron chi connectivity index (χ4n) is 3.19. The summed E-state index contributed by atoms with van der Waals surface area (Å²) in [6.45, 7) is 0.730. The number of carboxylic acids is 1. The predicted octanol–water partition coefficient (Wildman–Crippen LogP) is 3.42. The van der Waals surface area contributed by atoms with Gasteiger partial charge < -0.3 is 14.7 Å². The zero-order chi connectivity index (χ0) is 18.7. The minimum atomic E-state index is -1.06. The number of hydrogen-bond acceptors (Lipinski definition) is 5. The standard InChI is InChI=1S/C18H19ClN2O4S/c1-25-11-18(17(23)24)7-2-8-21(10-18)16(22)14-9-26-15(20-14)12-3-5-13(19)6-4-12/h3-6,9H,2,7-8,10-11H2,1H3,(H,23,24). The van der Waals surface area contributed by atoms with Gasteiger partial charge in [0.25, 0.3) is 5.91 Å². The number of methoxy groups -OCH3 is 1. The van der Waals surface area contributed by atoms with Gasteiger partial charge in [-0.2, -0.15) is 0 Å². The first-order valence-electron chi connectivity index (χ1n) is 8.18. The molecule has 1 aromatic heterocycles. The van der Waals surface area contributed by atoms with Crippen molar-refractivity contribution in [2.45, 2.75) is 12.8 Å². The second-order valence-corrected chi connectivity index (χ2v) is 7.69. The van der Waals surface area contributed by atoms with Crippen molar-refractivity contribution in [1.29, 1.82) is 0 Å². The number of hydrogen-bond donors (Lipinski definition) is 1. The summed E-state index contributed by atoms with van der Waals surface area (Å²) in [6.07, 6.45) is 1.11. The molecule has 8 heteroatoms. The average molecular weight is 395 g/mol. The van der Waals surface area contributed by atoms with Crippen LogP contribution in [0.5, 0.6) is 0 Å². The molecule has 26 heavy (non-hydrogen) atoms. The summed E-state index contributed by atoms with van der Waals surface area (Å²) < 4.78 is 5.11. The highest BCUT2D eigenvalue weighted by atomic mass is 35.5. The lowest BCUT2D eigenvalue weighted by Gasteiger charge is -2.39. The van der Waals surface area contributed by atoms with E-state index >= 15 is 0 Å². The van der Waals surface area contributed by atoms with Gasteiger partial charge in [-0.1, -0.05) is 23.7 Å². The molecule has 0 spiro atoms. The van der Waals surface area contributed by atoms with Crippen LogP contribution in [-0.2, 0) is 9.53 Å². The van der Waals surface area contributed by atoms with Gasteiger partial charge in [-0.25, -0.2) is 4.98 Å². The molecule has 2 aromatic rings. The molecule has 0 bridgehead atoms. The van der Waals surface area contributed by atoms with Crippen LogP contribution in [0.3, 0.4) is 0 Å². The zero-order valence-corrected chi connectivity index (χ0v) is 15.8. The van der Waals surface area contributed by atoms with Gasteiger partial charge >= 0.3 is 5.97 Å². The molecule has 0 aliphatic carbocycles. The molecule has 138 valence electrons. The molecule has 1 aliphatic rings. The second kappa shape index (κ2) is 7.73. The first kappa shape index (κ1) is 18.8. The number of benzene rings is 1. The maximum atomic E-state index is 12.8. The lowest BCUT2D eigenvalue weighted by molar-refractivity contribution is -0.155. The molecule has 3 rings (SSSR count). The van der Waals surface area contributed by atoms with Crippen LogP contribution in [0.15, 0.2) is 29.6 Å². The van der Waals surface area contributed by atoms with Crippen LogP contribution in [-0.4, -0.2) is 53.7 Å². The summed E-state index contributed by atoms with van der Waals surface area (Å²) in [4.78, 5) is 30.6. The highest BCUT2D eigenvalue weighted by molar-refractivity contribution is 7.13. The van der Waals surface area contributed by atoms with E-state index in [0.717, 1.165) is 10.6 Å². The third-order valence-corrected chi connectivity index (χ3v) is 5.70. The monoisotopic (exact) mass is 394 g/mol. The Hall–Kier alpha value is -1.96. The van der Waals surface area contributed by atoms with Crippen LogP contribution in [0, 0.1) is 5.41 Å². The van der Waals surface area contributed by atoms with Gasteiger partial charge in [-0.15, -0.1) is 11.3 Å². The molecular formula is C18H19ClN2O4S. The maximum Gasteiger partial charge on any atom is 0.313 e. The van der Waals surface area contributed by atoms with Gasteiger partial charge in [0.05, 0.1) is 6.61 Å². The third kappa shape index (κ3) is 3.75. The van der Waals surface area contributed by atoms with E-state index < -0.39 is 11.4 Å². The van der Waals surface area contributed by atoms with E-state index in [2.05, 4.69) is 4.98 Å². The molecule has 2 heterocycles. The van der Waals surface area contributed by atoms with Crippen LogP contribution in [0.1, 0.15) is 23.3 Å². The highest BCUT2D eigenvalue weighted by Gasteiger charge is 2.44.